The molecule has 3 amide bonds. The first-order chi connectivity index (χ1) is 14.5. The number of amides is 3. The molecule has 2 aromatic carbocycles. The summed E-state index contributed by atoms with van der Waals surface area (Å²) >= 11 is 0. The van der Waals surface area contributed by atoms with Crippen molar-refractivity contribution in [3.05, 3.63) is 58.5 Å². The highest BCUT2D eigenvalue weighted by Gasteiger charge is 2.19. The van der Waals surface area contributed by atoms with E-state index in [-0.39, 0.29) is 24.0 Å². The summed E-state index contributed by atoms with van der Waals surface area (Å²) in [4.78, 5) is 54.7. The van der Waals surface area contributed by atoms with Crippen LogP contribution in [-0.2, 0) is 9.59 Å². The predicted octanol–water partition coefficient (Wildman–Crippen LogP) is 1.74. The Morgan fingerprint density at radius 3 is 2.50 bits per heavy atom. The number of hydrogen-bond donors (Lipinski definition) is 4. The number of H-pyrrole nitrogens is 2. The normalized spacial score (nSPS) is 14.0. The molecule has 1 aliphatic rings. The Labute approximate surface area is 171 Å². The van der Waals surface area contributed by atoms with E-state index in [9.17, 15) is 19.2 Å². The third kappa shape index (κ3) is 4.24. The van der Waals surface area contributed by atoms with Gasteiger partial charge in [0.15, 0.2) is 0 Å². The van der Waals surface area contributed by atoms with Gasteiger partial charge in [-0.15, -0.1) is 0 Å². The average molecular weight is 407 g/mol. The number of aromatic amines is 2. The highest BCUT2D eigenvalue weighted by atomic mass is 16.2. The first kappa shape index (κ1) is 19.4. The van der Waals surface area contributed by atoms with Crippen LogP contribution in [0.2, 0.25) is 0 Å². The number of carbonyl (C=O) groups excluding carboxylic acids is 3. The van der Waals surface area contributed by atoms with Gasteiger partial charge < -0.3 is 25.5 Å². The van der Waals surface area contributed by atoms with Crippen LogP contribution in [0.1, 0.15) is 29.6 Å². The third-order valence-electron chi connectivity index (χ3n) is 4.97. The molecule has 9 nitrogen and oxygen atoms in total. The molecule has 0 atom stereocenters. The highest BCUT2D eigenvalue weighted by Crippen LogP contribution is 2.21. The molecule has 0 radical (unpaired) electrons. The number of nitrogens with zero attached hydrogens (tertiary/aromatic N) is 1. The lowest BCUT2D eigenvalue weighted by atomic mass is 10.1. The Bertz CT molecular complexity index is 1160. The molecular formula is C21H21N5O4. The number of fused-ring (bicyclic) bond motifs is 1. The fraction of sp³-hybridized carbons (Fsp3) is 0.238. The molecule has 9 heteroatoms. The van der Waals surface area contributed by atoms with Crippen molar-refractivity contribution in [1.82, 2.24) is 15.3 Å². The minimum atomic E-state index is -0.392. The van der Waals surface area contributed by atoms with Crippen LogP contribution < -0.4 is 21.2 Å². The SMILES string of the molecule is O=C(CNC(=O)c1ccc(N2CCCCC2=O)cc1)Nc1ccc2[nH]c(=O)[nH]c2c1. The maximum absolute atomic E-state index is 12.3. The van der Waals surface area contributed by atoms with Crippen molar-refractivity contribution in [2.45, 2.75) is 19.3 Å². The second kappa shape index (κ2) is 8.24. The number of nitrogens with one attached hydrogen (secondary N) is 4. The van der Waals surface area contributed by atoms with Crippen molar-refractivity contribution in [3.63, 3.8) is 0 Å². The Hall–Kier alpha value is -3.88. The first-order valence-electron chi connectivity index (χ1n) is 9.70. The quantitative estimate of drug-likeness (QED) is 0.514. The Morgan fingerprint density at radius 2 is 1.73 bits per heavy atom. The van der Waals surface area contributed by atoms with Gasteiger partial charge in [0.1, 0.15) is 0 Å². The zero-order chi connectivity index (χ0) is 21.1. The molecule has 0 saturated carbocycles. The molecule has 0 aliphatic carbocycles. The lowest BCUT2D eigenvalue weighted by molar-refractivity contribution is -0.119. The van der Waals surface area contributed by atoms with Crippen LogP contribution in [0.4, 0.5) is 11.4 Å². The van der Waals surface area contributed by atoms with E-state index in [1.165, 1.54) is 0 Å². The van der Waals surface area contributed by atoms with E-state index in [0.29, 0.717) is 35.2 Å². The van der Waals surface area contributed by atoms with Gasteiger partial charge in [0, 0.05) is 29.9 Å². The predicted molar refractivity (Wildman–Crippen MR) is 113 cm³/mol. The Balaban J connectivity index is 1.32. The Kier molecular flexibility index (Phi) is 5.34. The molecule has 154 valence electrons. The van der Waals surface area contributed by atoms with Crippen LogP contribution in [0.5, 0.6) is 0 Å². The molecule has 1 aromatic heterocycles. The van der Waals surface area contributed by atoms with Crippen LogP contribution >= 0.6 is 0 Å². The van der Waals surface area contributed by atoms with Crippen molar-refractivity contribution in [3.8, 4) is 0 Å². The molecule has 1 fully saturated rings. The maximum Gasteiger partial charge on any atom is 0.323 e. The van der Waals surface area contributed by atoms with E-state index in [1.54, 1.807) is 47.4 Å². The second-order valence-electron chi connectivity index (χ2n) is 7.12. The minimum Gasteiger partial charge on any atom is -0.343 e. The maximum atomic E-state index is 12.3. The van der Waals surface area contributed by atoms with E-state index >= 15 is 0 Å². The summed E-state index contributed by atoms with van der Waals surface area (Å²) in [5, 5.41) is 5.25. The van der Waals surface area contributed by atoms with Gasteiger partial charge in [-0.3, -0.25) is 14.4 Å². The summed E-state index contributed by atoms with van der Waals surface area (Å²) < 4.78 is 0. The van der Waals surface area contributed by atoms with Gasteiger partial charge in [-0.1, -0.05) is 0 Å². The topological polar surface area (TPSA) is 127 Å². The van der Waals surface area contributed by atoms with E-state index in [1.807, 2.05) is 0 Å². The second-order valence-corrected chi connectivity index (χ2v) is 7.12. The highest BCUT2D eigenvalue weighted by molar-refractivity contribution is 6.00. The summed E-state index contributed by atoms with van der Waals surface area (Å²) in [6.45, 7) is 0.486. The van der Waals surface area contributed by atoms with Crippen molar-refractivity contribution < 1.29 is 14.4 Å². The molecular weight excluding hydrogens is 386 g/mol. The zero-order valence-electron chi connectivity index (χ0n) is 16.2. The summed E-state index contributed by atoms with van der Waals surface area (Å²) in [6, 6.07) is 11.7. The third-order valence-corrected chi connectivity index (χ3v) is 4.97. The number of hydrogen-bond acceptors (Lipinski definition) is 4. The van der Waals surface area contributed by atoms with Crippen molar-refractivity contribution in [1.29, 1.82) is 0 Å². The first-order valence-corrected chi connectivity index (χ1v) is 9.70. The van der Waals surface area contributed by atoms with Crippen LogP contribution in [0.3, 0.4) is 0 Å². The molecule has 1 saturated heterocycles. The van der Waals surface area contributed by atoms with Gasteiger partial charge in [0.25, 0.3) is 5.91 Å². The minimum absolute atomic E-state index is 0.0945. The molecule has 0 unspecified atom stereocenters. The lowest BCUT2D eigenvalue weighted by Gasteiger charge is -2.26. The molecule has 3 aromatic rings. The van der Waals surface area contributed by atoms with Gasteiger partial charge in [0.2, 0.25) is 11.8 Å². The summed E-state index contributed by atoms with van der Waals surface area (Å²) in [6.07, 6.45) is 2.43. The summed E-state index contributed by atoms with van der Waals surface area (Å²) in [7, 11) is 0. The van der Waals surface area contributed by atoms with Crippen LogP contribution in [0.15, 0.2) is 47.3 Å². The number of piperidine rings is 1. The van der Waals surface area contributed by atoms with Crippen LogP contribution in [0, 0.1) is 0 Å². The van der Waals surface area contributed by atoms with E-state index in [2.05, 4.69) is 20.6 Å². The zero-order valence-corrected chi connectivity index (χ0v) is 16.2. The molecule has 4 N–H and O–H groups in total. The Morgan fingerprint density at radius 1 is 0.967 bits per heavy atom. The van der Waals surface area contributed by atoms with Gasteiger partial charge in [0.05, 0.1) is 17.6 Å². The monoisotopic (exact) mass is 407 g/mol. The van der Waals surface area contributed by atoms with Gasteiger partial charge in [-0.2, -0.15) is 0 Å². The molecule has 0 spiro atoms. The smallest absolute Gasteiger partial charge is 0.323 e. The molecule has 4 rings (SSSR count). The number of benzene rings is 2. The summed E-state index contributed by atoms with van der Waals surface area (Å²) in [5.41, 5.74) is 2.58. The van der Waals surface area contributed by atoms with Crippen LogP contribution in [0.25, 0.3) is 11.0 Å². The lowest BCUT2D eigenvalue weighted by Crippen LogP contribution is -2.35. The number of aromatic nitrogens is 2. The molecule has 30 heavy (non-hydrogen) atoms. The van der Waals surface area contributed by atoms with Crippen molar-refractivity contribution >= 4 is 40.1 Å². The molecule has 2 heterocycles. The van der Waals surface area contributed by atoms with Gasteiger partial charge in [-0.25, -0.2) is 4.79 Å². The average Bonchev–Trinajstić information content (AvgIpc) is 3.12. The van der Waals surface area contributed by atoms with Gasteiger partial charge >= 0.3 is 5.69 Å². The van der Waals surface area contributed by atoms with Crippen LogP contribution in [-0.4, -0.2) is 40.8 Å². The largest absolute Gasteiger partial charge is 0.343 e. The number of rotatable bonds is 5. The summed E-state index contributed by atoms with van der Waals surface area (Å²) in [5.74, 6) is -0.680. The van der Waals surface area contributed by atoms with Crippen molar-refractivity contribution in [2.24, 2.45) is 0 Å². The standard InChI is InChI=1S/C21H21N5O4/c27-18(23-14-6-9-16-17(11-14)25-21(30)24-16)12-22-20(29)13-4-7-15(8-5-13)26-10-2-1-3-19(26)28/h4-9,11H,1-3,10,12H2,(H,22,29)(H,23,27)(H2,24,25,30). The van der Waals surface area contributed by atoms with Gasteiger partial charge in [-0.05, 0) is 55.3 Å². The van der Waals surface area contributed by atoms with E-state index in [0.717, 1.165) is 18.5 Å². The number of anilines is 2. The van der Waals surface area contributed by atoms with E-state index < -0.39 is 5.91 Å². The fourth-order valence-corrected chi connectivity index (χ4v) is 3.45. The molecule has 0 bridgehead atoms. The fourth-order valence-electron chi connectivity index (χ4n) is 3.45. The molecule has 1 aliphatic heterocycles. The number of imidazole rings is 1. The number of carbonyl (C=O) groups is 3. The van der Waals surface area contributed by atoms with Crippen molar-refractivity contribution in [2.75, 3.05) is 23.3 Å². The van der Waals surface area contributed by atoms with E-state index in [4.69, 9.17) is 0 Å².